The topological polar surface area (TPSA) is 43.7 Å². The molecule has 0 heterocycles. The fourth-order valence-electron chi connectivity index (χ4n) is 1.54. The second kappa shape index (κ2) is 5.78. The zero-order chi connectivity index (χ0) is 12.9. The summed E-state index contributed by atoms with van der Waals surface area (Å²) in [7, 11) is 1.38. The Morgan fingerprint density at radius 3 is 2.47 bits per heavy atom. The van der Waals surface area contributed by atoms with Crippen LogP contribution < -0.4 is 0 Å². The Morgan fingerprint density at radius 2 is 2.00 bits per heavy atom. The number of benzene rings is 1. The number of rotatable bonds is 5. The average Bonchev–Trinajstić information content (AvgIpc) is 2.36. The van der Waals surface area contributed by atoms with Crippen molar-refractivity contribution in [2.75, 3.05) is 13.7 Å². The lowest BCUT2D eigenvalue weighted by atomic mass is 10.1. The van der Waals surface area contributed by atoms with Crippen LogP contribution in [0.15, 0.2) is 30.3 Å². The number of terminal acetylenes is 1. The molecule has 0 aromatic heterocycles. The minimum Gasteiger partial charge on any atom is -0.343 e. The largest absolute Gasteiger partial charge is 0.343 e. The second-order valence-electron chi connectivity index (χ2n) is 3.89. The van der Waals surface area contributed by atoms with E-state index >= 15 is 0 Å². The quantitative estimate of drug-likeness (QED) is 0.587. The first-order valence-corrected chi connectivity index (χ1v) is 5.26. The fraction of sp³-hybridized carbons (Fsp3) is 0.385. The Labute approximate surface area is 100 Å². The van der Waals surface area contributed by atoms with E-state index in [9.17, 15) is 14.6 Å². The van der Waals surface area contributed by atoms with Gasteiger partial charge in [-0.25, -0.2) is 9.29 Å². The molecule has 4 heteroatoms. The van der Waals surface area contributed by atoms with E-state index in [1.165, 1.54) is 7.05 Å². The van der Waals surface area contributed by atoms with Crippen LogP contribution in [-0.4, -0.2) is 40.8 Å². The summed E-state index contributed by atoms with van der Waals surface area (Å²) in [5.41, 5.74) is 0.912. The molecule has 1 atom stereocenters. The molecule has 0 aliphatic rings. The standard InChI is InChI=1S/C13H16FNO2/c1-3-13(16,17)15(2)12(10-14)9-11-7-5-4-6-8-11/h1,4-8,12,16-17H,9-10H2,2H3/t12-/m0/s1. The summed E-state index contributed by atoms with van der Waals surface area (Å²) >= 11 is 0. The van der Waals surface area contributed by atoms with Gasteiger partial charge in [0, 0.05) is 6.04 Å². The van der Waals surface area contributed by atoms with E-state index in [2.05, 4.69) is 0 Å². The van der Waals surface area contributed by atoms with Gasteiger partial charge in [-0.3, -0.25) is 0 Å². The van der Waals surface area contributed by atoms with E-state index in [1.54, 1.807) is 0 Å². The van der Waals surface area contributed by atoms with Gasteiger partial charge in [0.05, 0.1) is 0 Å². The molecule has 17 heavy (non-hydrogen) atoms. The first-order valence-electron chi connectivity index (χ1n) is 5.26. The van der Waals surface area contributed by atoms with Crippen LogP contribution >= 0.6 is 0 Å². The van der Waals surface area contributed by atoms with E-state index in [-0.39, 0.29) is 0 Å². The highest BCUT2D eigenvalue weighted by molar-refractivity contribution is 5.16. The van der Waals surface area contributed by atoms with Crippen molar-refractivity contribution >= 4 is 0 Å². The highest BCUT2D eigenvalue weighted by Gasteiger charge is 2.32. The molecule has 0 saturated heterocycles. The lowest BCUT2D eigenvalue weighted by Gasteiger charge is -2.33. The van der Waals surface area contributed by atoms with Crippen molar-refractivity contribution in [3.63, 3.8) is 0 Å². The Balaban J connectivity index is 2.77. The van der Waals surface area contributed by atoms with Gasteiger partial charge < -0.3 is 10.2 Å². The molecule has 0 saturated carbocycles. The minimum absolute atomic E-state index is 0.360. The van der Waals surface area contributed by atoms with Gasteiger partial charge in [0.25, 0.3) is 5.91 Å². The average molecular weight is 237 g/mol. The van der Waals surface area contributed by atoms with Crippen molar-refractivity contribution in [2.45, 2.75) is 18.4 Å². The van der Waals surface area contributed by atoms with Crippen LogP contribution in [0.1, 0.15) is 5.56 Å². The fourth-order valence-corrected chi connectivity index (χ4v) is 1.54. The van der Waals surface area contributed by atoms with E-state index in [1.807, 2.05) is 36.3 Å². The highest BCUT2D eigenvalue weighted by atomic mass is 19.1. The van der Waals surface area contributed by atoms with Gasteiger partial charge >= 0.3 is 0 Å². The van der Waals surface area contributed by atoms with Crippen LogP contribution in [-0.2, 0) is 6.42 Å². The van der Waals surface area contributed by atoms with Crippen molar-refractivity contribution in [1.29, 1.82) is 0 Å². The number of hydrogen-bond donors (Lipinski definition) is 2. The molecule has 1 aromatic rings. The Bertz CT molecular complexity index is 386. The molecule has 0 fully saturated rings. The van der Waals surface area contributed by atoms with Crippen molar-refractivity contribution in [2.24, 2.45) is 0 Å². The molecule has 0 radical (unpaired) electrons. The maximum atomic E-state index is 12.9. The maximum absolute atomic E-state index is 12.9. The molecule has 92 valence electrons. The monoisotopic (exact) mass is 237 g/mol. The summed E-state index contributed by atoms with van der Waals surface area (Å²) in [5, 5.41) is 18.9. The summed E-state index contributed by atoms with van der Waals surface area (Å²) < 4.78 is 12.9. The number of likely N-dealkylation sites (N-methyl/N-ethyl adjacent to an activating group) is 1. The van der Waals surface area contributed by atoms with Crippen molar-refractivity contribution in [3.8, 4) is 12.3 Å². The van der Waals surface area contributed by atoms with Gasteiger partial charge in [-0.15, -0.1) is 6.42 Å². The summed E-state index contributed by atoms with van der Waals surface area (Å²) in [6, 6.07) is 8.57. The number of halogens is 1. The molecule has 0 aliphatic heterocycles. The molecule has 2 N–H and O–H groups in total. The van der Waals surface area contributed by atoms with Crippen LogP contribution in [0.4, 0.5) is 4.39 Å². The zero-order valence-electron chi connectivity index (χ0n) is 9.68. The normalized spacial score (nSPS) is 13.4. The molecular weight excluding hydrogens is 221 g/mol. The lowest BCUT2D eigenvalue weighted by molar-refractivity contribution is -0.223. The molecule has 0 unspecified atom stereocenters. The van der Waals surface area contributed by atoms with Gasteiger partial charge in [-0.1, -0.05) is 30.3 Å². The minimum atomic E-state index is -2.43. The van der Waals surface area contributed by atoms with Gasteiger partial charge in [-0.2, -0.15) is 0 Å². The third-order valence-electron chi connectivity index (χ3n) is 2.73. The van der Waals surface area contributed by atoms with Gasteiger partial charge in [-0.05, 0) is 25.0 Å². The van der Waals surface area contributed by atoms with E-state index in [4.69, 9.17) is 6.42 Å². The lowest BCUT2D eigenvalue weighted by Crippen LogP contribution is -2.52. The third kappa shape index (κ3) is 3.53. The molecule has 0 bridgehead atoms. The van der Waals surface area contributed by atoms with Crippen LogP contribution in [0, 0.1) is 12.3 Å². The predicted molar refractivity (Wildman–Crippen MR) is 63.7 cm³/mol. The molecule has 0 spiro atoms. The molecule has 1 aromatic carbocycles. The van der Waals surface area contributed by atoms with E-state index in [0.29, 0.717) is 6.42 Å². The molecular formula is C13H16FNO2. The second-order valence-corrected chi connectivity index (χ2v) is 3.89. The molecule has 0 aliphatic carbocycles. The summed E-state index contributed by atoms with van der Waals surface area (Å²) in [6.07, 6.45) is 5.34. The van der Waals surface area contributed by atoms with Crippen LogP contribution in [0.2, 0.25) is 0 Å². The Kier molecular flexibility index (Phi) is 4.64. The number of hydrogen-bond acceptors (Lipinski definition) is 3. The van der Waals surface area contributed by atoms with E-state index in [0.717, 1.165) is 10.5 Å². The van der Waals surface area contributed by atoms with Gasteiger partial charge in [0.1, 0.15) is 6.67 Å². The first-order chi connectivity index (χ1) is 8.01. The smallest absolute Gasteiger partial charge is 0.293 e. The van der Waals surface area contributed by atoms with Crippen LogP contribution in [0.3, 0.4) is 0 Å². The third-order valence-corrected chi connectivity index (χ3v) is 2.73. The Morgan fingerprint density at radius 1 is 1.41 bits per heavy atom. The number of nitrogens with zero attached hydrogens (tertiary/aromatic N) is 1. The zero-order valence-corrected chi connectivity index (χ0v) is 9.68. The van der Waals surface area contributed by atoms with Crippen molar-refractivity contribution < 1.29 is 14.6 Å². The van der Waals surface area contributed by atoms with Crippen molar-refractivity contribution in [1.82, 2.24) is 4.90 Å². The Hall–Kier alpha value is -1.41. The summed E-state index contributed by atoms with van der Waals surface area (Å²) in [4.78, 5) is 1.04. The SMILES string of the molecule is C#CC(O)(O)N(C)[C@H](CF)Cc1ccccc1. The maximum Gasteiger partial charge on any atom is 0.293 e. The predicted octanol–water partition coefficient (Wildman–Crippen LogP) is 0.771. The van der Waals surface area contributed by atoms with Crippen LogP contribution in [0.5, 0.6) is 0 Å². The van der Waals surface area contributed by atoms with Gasteiger partial charge in [0.2, 0.25) is 0 Å². The molecule has 3 nitrogen and oxygen atoms in total. The number of aliphatic hydroxyl groups is 2. The first kappa shape index (κ1) is 13.7. The number of alkyl halides is 1. The highest BCUT2D eigenvalue weighted by Crippen LogP contribution is 2.14. The molecule has 0 amide bonds. The molecule has 1 rings (SSSR count). The summed E-state index contributed by atoms with van der Waals surface area (Å²) in [6.45, 7) is -0.712. The van der Waals surface area contributed by atoms with Gasteiger partial charge in [0.15, 0.2) is 0 Å². The van der Waals surface area contributed by atoms with Crippen molar-refractivity contribution in [3.05, 3.63) is 35.9 Å². The van der Waals surface area contributed by atoms with E-state index < -0.39 is 18.6 Å². The summed E-state index contributed by atoms with van der Waals surface area (Å²) in [5.74, 6) is -0.613. The van der Waals surface area contributed by atoms with Crippen LogP contribution in [0.25, 0.3) is 0 Å².